The molecule has 0 unspecified atom stereocenters. The van der Waals surface area contributed by atoms with Crippen LogP contribution in [0, 0.1) is 5.92 Å². The normalized spacial score (nSPS) is 11.2. The molecule has 0 radical (unpaired) electrons. The Bertz CT molecular complexity index is 475. The lowest BCUT2D eigenvalue weighted by Crippen LogP contribution is -2.04. The highest BCUT2D eigenvalue weighted by Gasteiger charge is 2.10. The van der Waals surface area contributed by atoms with Crippen molar-refractivity contribution >= 4 is 17.0 Å². The Labute approximate surface area is 94.1 Å². The predicted molar refractivity (Wildman–Crippen MR) is 62.1 cm³/mol. The van der Waals surface area contributed by atoms with Crippen LogP contribution >= 0.6 is 0 Å². The average Bonchev–Trinajstić information content (AvgIpc) is 2.69. The number of rotatable bonds is 4. The molecule has 0 aliphatic heterocycles. The summed E-state index contributed by atoms with van der Waals surface area (Å²) in [5.41, 5.74) is 1.52. The smallest absolute Gasteiger partial charge is 0.183 e. The maximum absolute atomic E-state index is 4.21. The molecule has 1 N–H and O–H groups in total. The zero-order valence-electron chi connectivity index (χ0n) is 9.80. The first-order chi connectivity index (χ1) is 7.72. The van der Waals surface area contributed by atoms with Crippen LogP contribution < -0.4 is 5.32 Å². The minimum absolute atomic E-state index is 0.643. The predicted octanol–water partition coefficient (Wildman–Crippen LogP) is 1.31. The third-order valence-electron chi connectivity index (χ3n) is 2.46. The van der Waals surface area contributed by atoms with E-state index in [1.807, 2.05) is 11.7 Å². The second-order valence-corrected chi connectivity index (χ2v) is 4.14. The van der Waals surface area contributed by atoms with Crippen molar-refractivity contribution in [1.29, 1.82) is 0 Å². The molecule has 0 spiro atoms. The van der Waals surface area contributed by atoms with E-state index >= 15 is 0 Å². The van der Waals surface area contributed by atoms with Crippen LogP contribution in [0.25, 0.3) is 11.2 Å². The van der Waals surface area contributed by atoms with E-state index in [0.29, 0.717) is 5.92 Å². The highest BCUT2D eigenvalue weighted by Crippen LogP contribution is 2.15. The highest BCUT2D eigenvalue weighted by atomic mass is 15.4. The van der Waals surface area contributed by atoms with Crippen LogP contribution in [0.2, 0.25) is 0 Å². The van der Waals surface area contributed by atoms with E-state index in [1.165, 1.54) is 6.33 Å². The minimum atomic E-state index is 0.643. The van der Waals surface area contributed by atoms with E-state index in [0.717, 1.165) is 29.9 Å². The van der Waals surface area contributed by atoms with Crippen molar-refractivity contribution in [2.75, 3.05) is 12.4 Å². The van der Waals surface area contributed by atoms with Gasteiger partial charge < -0.3 is 5.32 Å². The van der Waals surface area contributed by atoms with Gasteiger partial charge >= 0.3 is 0 Å². The second kappa shape index (κ2) is 4.42. The molecule has 2 aromatic rings. The van der Waals surface area contributed by atoms with Gasteiger partial charge in [-0.2, -0.15) is 0 Å². The standard InChI is InChI=1S/C10H16N6/c1-7(2)4-5-16-10-8(14-15-16)9(11-3)12-6-13-10/h6-7H,4-5H2,1-3H3,(H,11,12,13). The first kappa shape index (κ1) is 10.8. The van der Waals surface area contributed by atoms with Gasteiger partial charge in [0.05, 0.1) is 0 Å². The number of fused-ring (bicyclic) bond motifs is 1. The SMILES string of the molecule is CNc1ncnc2c1nnn2CCC(C)C. The van der Waals surface area contributed by atoms with Crippen LogP contribution in [0.5, 0.6) is 0 Å². The Hall–Kier alpha value is -1.72. The van der Waals surface area contributed by atoms with Gasteiger partial charge in [-0.05, 0) is 12.3 Å². The summed E-state index contributed by atoms with van der Waals surface area (Å²) >= 11 is 0. The first-order valence-corrected chi connectivity index (χ1v) is 5.44. The fraction of sp³-hybridized carbons (Fsp3) is 0.600. The molecule has 2 rings (SSSR count). The molecule has 0 aliphatic rings. The monoisotopic (exact) mass is 220 g/mol. The van der Waals surface area contributed by atoms with Gasteiger partial charge in [0.15, 0.2) is 17.0 Å². The summed E-state index contributed by atoms with van der Waals surface area (Å²) in [5.74, 6) is 1.37. The first-order valence-electron chi connectivity index (χ1n) is 5.44. The van der Waals surface area contributed by atoms with Gasteiger partial charge in [-0.25, -0.2) is 14.6 Å². The van der Waals surface area contributed by atoms with Gasteiger partial charge in [-0.1, -0.05) is 19.1 Å². The van der Waals surface area contributed by atoms with E-state index in [2.05, 4.69) is 39.4 Å². The van der Waals surface area contributed by atoms with E-state index in [4.69, 9.17) is 0 Å². The van der Waals surface area contributed by atoms with Gasteiger partial charge in [-0.15, -0.1) is 5.10 Å². The highest BCUT2D eigenvalue weighted by molar-refractivity contribution is 5.81. The fourth-order valence-electron chi connectivity index (χ4n) is 1.51. The average molecular weight is 220 g/mol. The van der Waals surface area contributed by atoms with Gasteiger partial charge in [0.1, 0.15) is 6.33 Å². The molecule has 0 amide bonds. The second-order valence-electron chi connectivity index (χ2n) is 4.14. The molecule has 0 fully saturated rings. The molecule has 0 aliphatic carbocycles. The summed E-state index contributed by atoms with van der Waals surface area (Å²) in [6, 6.07) is 0. The minimum Gasteiger partial charge on any atom is -0.371 e. The Kier molecular flexibility index (Phi) is 2.98. The third kappa shape index (κ3) is 1.95. The topological polar surface area (TPSA) is 68.5 Å². The number of aryl methyl sites for hydroxylation is 1. The molecular formula is C10H16N6. The number of hydrogen-bond donors (Lipinski definition) is 1. The van der Waals surface area contributed by atoms with Crippen molar-refractivity contribution < 1.29 is 0 Å². The number of nitrogens with zero attached hydrogens (tertiary/aromatic N) is 5. The Morgan fingerprint density at radius 1 is 1.38 bits per heavy atom. The zero-order chi connectivity index (χ0) is 11.5. The molecule has 6 heteroatoms. The van der Waals surface area contributed by atoms with E-state index < -0.39 is 0 Å². The lowest BCUT2D eigenvalue weighted by molar-refractivity contribution is 0.485. The zero-order valence-corrected chi connectivity index (χ0v) is 9.80. The van der Waals surface area contributed by atoms with Crippen LogP contribution in [0.15, 0.2) is 6.33 Å². The molecule has 0 atom stereocenters. The third-order valence-corrected chi connectivity index (χ3v) is 2.46. The van der Waals surface area contributed by atoms with Crippen LogP contribution in [-0.2, 0) is 6.54 Å². The van der Waals surface area contributed by atoms with Crippen molar-refractivity contribution in [3.05, 3.63) is 6.33 Å². The van der Waals surface area contributed by atoms with Crippen molar-refractivity contribution in [2.45, 2.75) is 26.8 Å². The van der Waals surface area contributed by atoms with Gasteiger partial charge in [0, 0.05) is 13.6 Å². The van der Waals surface area contributed by atoms with Crippen LogP contribution in [0.4, 0.5) is 5.82 Å². The number of aromatic nitrogens is 5. The summed E-state index contributed by atoms with van der Waals surface area (Å²) in [6.45, 7) is 5.22. The maximum atomic E-state index is 4.21. The molecule has 6 nitrogen and oxygen atoms in total. The van der Waals surface area contributed by atoms with Gasteiger partial charge in [0.2, 0.25) is 0 Å². The van der Waals surface area contributed by atoms with Crippen LogP contribution in [-0.4, -0.2) is 32.0 Å². The van der Waals surface area contributed by atoms with E-state index in [9.17, 15) is 0 Å². The molecule has 86 valence electrons. The fourth-order valence-corrected chi connectivity index (χ4v) is 1.51. The summed E-state index contributed by atoms with van der Waals surface area (Å²) in [7, 11) is 1.81. The lowest BCUT2D eigenvalue weighted by atomic mass is 10.1. The number of anilines is 1. The van der Waals surface area contributed by atoms with E-state index in [1.54, 1.807) is 0 Å². The molecule has 0 saturated heterocycles. The quantitative estimate of drug-likeness (QED) is 0.841. The van der Waals surface area contributed by atoms with Crippen LogP contribution in [0.3, 0.4) is 0 Å². The molecule has 16 heavy (non-hydrogen) atoms. The van der Waals surface area contributed by atoms with Crippen molar-refractivity contribution in [2.24, 2.45) is 5.92 Å². The number of nitrogens with one attached hydrogen (secondary N) is 1. The Morgan fingerprint density at radius 3 is 2.88 bits per heavy atom. The Morgan fingerprint density at radius 2 is 2.19 bits per heavy atom. The van der Waals surface area contributed by atoms with Crippen LogP contribution in [0.1, 0.15) is 20.3 Å². The Balaban J connectivity index is 2.34. The van der Waals surface area contributed by atoms with Gasteiger partial charge in [0.25, 0.3) is 0 Å². The lowest BCUT2D eigenvalue weighted by Gasteiger charge is -2.04. The summed E-state index contributed by atoms with van der Waals surface area (Å²) in [6.07, 6.45) is 2.60. The molecule has 0 aromatic carbocycles. The number of hydrogen-bond acceptors (Lipinski definition) is 5. The van der Waals surface area contributed by atoms with Gasteiger partial charge in [-0.3, -0.25) is 0 Å². The molecule has 2 heterocycles. The molecule has 2 aromatic heterocycles. The summed E-state index contributed by atoms with van der Waals surface area (Å²) < 4.78 is 1.83. The van der Waals surface area contributed by atoms with E-state index in [-0.39, 0.29) is 0 Å². The van der Waals surface area contributed by atoms with Crippen molar-refractivity contribution in [3.63, 3.8) is 0 Å². The maximum Gasteiger partial charge on any atom is 0.183 e. The summed E-state index contributed by atoms with van der Waals surface area (Å²) in [5, 5.41) is 11.2. The van der Waals surface area contributed by atoms with Crippen molar-refractivity contribution in [3.8, 4) is 0 Å². The molecule has 0 bridgehead atoms. The molecular weight excluding hydrogens is 204 g/mol. The van der Waals surface area contributed by atoms with Crippen molar-refractivity contribution in [1.82, 2.24) is 25.0 Å². The molecule has 0 saturated carbocycles. The largest absolute Gasteiger partial charge is 0.371 e. The summed E-state index contributed by atoms with van der Waals surface area (Å²) in [4.78, 5) is 8.31.